The Hall–Kier alpha value is -2.84. The van der Waals surface area contributed by atoms with Crippen LogP contribution in [0.25, 0.3) is 0 Å². The predicted molar refractivity (Wildman–Crippen MR) is 130 cm³/mol. The molecular weight excluding hydrogens is 435 g/mol. The van der Waals surface area contributed by atoms with Crippen LogP contribution in [0.2, 0.25) is 0 Å². The van der Waals surface area contributed by atoms with Gasteiger partial charge >= 0.3 is 0 Å². The molecule has 0 aromatic carbocycles. The smallest absolute Gasteiger partial charge is 0.224 e. The fourth-order valence-corrected chi connectivity index (χ4v) is 4.73. The van der Waals surface area contributed by atoms with Crippen molar-refractivity contribution < 1.29 is 19.4 Å². The van der Waals surface area contributed by atoms with Crippen LogP contribution >= 0.6 is 0 Å². The third kappa shape index (κ3) is 5.98. The molecule has 0 bridgehead atoms. The molecule has 8 heteroatoms. The van der Waals surface area contributed by atoms with Crippen LogP contribution in [0.15, 0.2) is 48.4 Å². The third-order valence-electron chi connectivity index (χ3n) is 6.86. The zero-order chi connectivity index (χ0) is 24.7. The second-order valence-electron chi connectivity index (χ2n) is 9.12. The van der Waals surface area contributed by atoms with Crippen molar-refractivity contribution in [3.8, 4) is 0 Å². The van der Waals surface area contributed by atoms with Gasteiger partial charge in [0.2, 0.25) is 5.91 Å². The first-order chi connectivity index (χ1) is 16.3. The summed E-state index contributed by atoms with van der Waals surface area (Å²) in [4.78, 5) is 24.9. The molecule has 1 aliphatic carbocycles. The molecule has 2 aromatic rings. The minimum Gasteiger partial charge on any atom is -0.394 e. The molecule has 34 heavy (non-hydrogen) atoms. The van der Waals surface area contributed by atoms with Gasteiger partial charge in [0.25, 0.3) is 0 Å². The van der Waals surface area contributed by atoms with E-state index in [0.29, 0.717) is 6.42 Å². The number of nitrogens with zero attached hydrogens (tertiary/aromatic N) is 2. The molecule has 3 rings (SSSR count). The Balaban J connectivity index is 1.71. The van der Waals surface area contributed by atoms with Crippen molar-refractivity contribution >= 4 is 11.6 Å². The summed E-state index contributed by atoms with van der Waals surface area (Å²) < 4.78 is 13.2. The fraction of sp³-hybridized carbons (Fsp3) is 0.500. The molecule has 1 saturated carbocycles. The maximum Gasteiger partial charge on any atom is 0.224 e. The fourth-order valence-electron chi connectivity index (χ4n) is 4.73. The maximum atomic E-state index is 13.4. The van der Waals surface area contributed by atoms with Crippen LogP contribution in [-0.2, 0) is 4.79 Å². The predicted octanol–water partition coefficient (Wildman–Crippen LogP) is 3.98. The maximum absolute atomic E-state index is 13.4. The van der Waals surface area contributed by atoms with Crippen LogP contribution in [0, 0.1) is 24.1 Å². The second-order valence-corrected chi connectivity index (χ2v) is 9.12. The number of aryl methyl sites for hydroxylation is 1. The number of carbonyl (C=O) groups is 1. The number of aliphatic hydroxyl groups is 2. The molecule has 1 amide bonds. The van der Waals surface area contributed by atoms with Gasteiger partial charge in [-0.2, -0.15) is 0 Å². The Bertz CT molecular complexity index is 998. The van der Waals surface area contributed by atoms with E-state index < -0.39 is 24.6 Å². The van der Waals surface area contributed by atoms with Gasteiger partial charge in [-0.25, -0.2) is 4.39 Å². The highest BCUT2D eigenvalue weighted by molar-refractivity contribution is 6.02. The summed E-state index contributed by atoms with van der Waals surface area (Å²) in [6.45, 7) is 7.34. The molecular formula is C26H35FN4O3. The Morgan fingerprint density at radius 1 is 1.41 bits per heavy atom. The van der Waals surface area contributed by atoms with Crippen molar-refractivity contribution in [2.75, 3.05) is 6.61 Å². The Morgan fingerprint density at radius 3 is 2.71 bits per heavy atom. The van der Waals surface area contributed by atoms with Crippen molar-refractivity contribution in [3.05, 3.63) is 66.1 Å². The summed E-state index contributed by atoms with van der Waals surface area (Å²) in [7, 11) is 0. The van der Waals surface area contributed by atoms with E-state index >= 15 is 0 Å². The summed E-state index contributed by atoms with van der Waals surface area (Å²) in [5.41, 5.74) is 3.11. The highest BCUT2D eigenvalue weighted by Crippen LogP contribution is 2.57. The van der Waals surface area contributed by atoms with Gasteiger partial charge in [0, 0.05) is 35.3 Å². The lowest BCUT2D eigenvalue weighted by molar-refractivity contribution is -0.129. The number of hydrogen-bond donors (Lipinski definition) is 4. The molecule has 2 aromatic heterocycles. The number of rotatable bonds is 13. The monoisotopic (exact) mass is 470 g/mol. The lowest BCUT2D eigenvalue weighted by Crippen LogP contribution is -2.46. The molecule has 3 atom stereocenters. The van der Waals surface area contributed by atoms with Crippen molar-refractivity contribution in [1.29, 1.82) is 0 Å². The highest BCUT2D eigenvalue weighted by atomic mass is 19.1. The van der Waals surface area contributed by atoms with Gasteiger partial charge in [-0.15, -0.1) is 0 Å². The Labute approximate surface area is 200 Å². The van der Waals surface area contributed by atoms with Gasteiger partial charge in [-0.05, 0) is 62.6 Å². The number of hydrogen-bond acceptors (Lipinski definition) is 5. The first-order valence-electron chi connectivity index (χ1n) is 11.9. The van der Waals surface area contributed by atoms with Gasteiger partial charge in [-0.1, -0.05) is 19.9 Å². The van der Waals surface area contributed by atoms with E-state index in [4.69, 9.17) is 0 Å². The largest absolute Gasteiger partial charge is 0.394 e. The van der Waals surface area contributed by atoms with Crippen LogP contribution in [0.5, 0.6) is 0 Å². The number of aliphatic hydroxyl groups excluding tert-OH is 2. The van der Waals surface area contributed by atoms with Crippen molar-refractivity contribution in [2.45, 2.75) is 64.5 Å². The van der Waals surface area contributed by atoms with Gasteiger partial charge in [-0.3, -0.25) is 14.8 Å². The van der Waals surface area contributed by atoms with Crippen LogP contribution in [0.4, 0.5) is 4.39 Å². The number of aromatic nitrogens is 2. The molecule has 0 radical (unpaired) electrons. The van der Waals surface area contributed by atoms with Crippen LogP contribution < -0.4 is 5.32 Å². The zero-order valence-corrected chi connectivity index (χ0v) is 19.9. The zero-order valence-electron chi connectivity index (χ0n) is 19.9. The molecule has 2 heterocycles. The number of aliphatic imine (C=N–C) groups is 1. The van der Waals surface area contributed by atoms with Crippen LogP contribution in [-0.4, -0.2) is 44.4 Å². The van der Waals surface area contributed by atoms with Crippen LogP contribution in [0.1, 0.15) is 68.5 Å². The highest BCUT2D eigenvalue weighted by Gasteiger charge is 2.51. The summed E-state index contributed by atoms with van der Waals surface area (Å²) in [5, 5.41) is 23.3. The molecule has 4 N–H and O–H groups in total. The SMILES string of the molecule is C=C/N=C(/CCC1([C@H](CCC)C(=O)N[C@@H](CO)[C@H](O)c2ccc(F)cn2)CC1)c1cc[nH]c1C. The van der Waals surface area contributed by atoms with Crippen molar-refractivity contribution in [1.82, 2.24) is 15.3 Å². The number of pyridine rings is 1. The molecule has 1 fully saturated rings. The minimum atomic E-state index is -1.24. The summed E-state index contributed by atoms with van der Waals surface area (Å²) >= 11 is 0. The minimum absolute atomic E-state index is 0.134. The normalized spacial score (nSPS) is 17.6. The molecule has 184 valence electrons. The summed E-state index contributed by atoms with van der Waals surface area (Å²) in [6.07, 6.45) is 8.20. The van der Waals surface area contributed by atoms with E-state index in [1.807, 2.05) is 26.1 Å². The number of carbonyl (C=O) groups excluding carboxylic acids is 1. The molecule has 1 aliphatic rings. The summed E-state index contributed by atoms with van der Waals surface area (Å²) in [6, 6.07) is 3.62. The van der Waals surface area contributed by atoms with Gasteiger partial charge in [0.05, 0.1) is 24.5 Å². The molecule has 0 unspecified atom stereocenters. The number of amides is 1. The molecule has 0 saturated heterocycles. The Kier molecular flexibility index (Phi) is 8.74. The average Bonchev–Trinajstić information content (AvgIpc) is 3.50. The standard InChI is InChI=1S/C26H35FN4O3/c1-4-6-20(25(34)31-23(16-32)24(33)22-8-7-18(27)15-30-22)26(12-13-26)11-9-21(28-5-2)19-10-14-29-17(19)3/h5,7-8,10,14-15,20,23-24,29,32-33H,2,4,6,9,11-13,16H2,1,3H3,(H,31,34)/b28-21-/t20-,23+,24-/m1/s1. The van der Waals surface area contributed by atoms with E-state index in [1.165, 1.54) is 12.1 Å². The van der Waals surface area contributed by atoms with E-state index in [9.17, 15) is 19.4 Å². The van der Waals surface area contributed by atoms with E-state index in [2.05, 4.69) is 26.9 Å². The lowest BCUT2D eigenvalue weighted by Gasteiger charge is -2.29. The number of aromatic amines is 1. The van der Waals surface area contributed by atoms with Crippen molar-refractivity contribution in [2.24, 2.45) is 16.3 Å². The molecule has 0 spiro atoms. The molecule has 7 nitrogen and oxygen atoms in total. The van der Waals surface area contributed by atoms with Gasteiger partial charge < -0.3 is 20.5 Å². The summed E-state index contributed by atoms with van der Waals surface area (Å²) in [5.74, 6) is -0.940. The Morgan fingerprint density at radius 2 is 2.18 bits per heavy atom. The lowest BCUT2D eigenvalue weighted by atomic mass is 9.80. The number of H-pyrrole nitrogens is 1. The van der Waals surface area contributed by atoms with Crippen molar-refractivity contribution in [3.63, 3.8) is 0 Å². The second kappa shape index (κ2) is 11.5. The van der Waals surface area contributed by atoms with E-state index in [-0.39, 0.29) is 22.9 Å². The van der Waals surface area contributed by atoms with E-state index in [1.54, 1.807) is 6.20 Å². The van der Waals surface area contributed by atoms with Crippen LogP contribution in [0.3, 0.4) is 0 Å². The quantitative estimate of drug-likeness (QED) is 0.332. The van der Waals surface area contributed by atoms with Gasteiger partial charge in [0.15, 0.2) is 0 Å². The number of halogens is 1. The third-order valence-corrected chi connectivity index (χ3v) is 6.86. The van der Waals surface area contributed by atoms with Gasteiger partial charge in [0.1, 0.15) is 11.9 Å². The first kappa shape index (κ1) is 25.8. The first-order valence-corrected chi connectivity index (χ1v) is 11.9. The topological polar surface area (TPSA) is 111 Å². The van der Waals surface area contributed by atoms with E-state index in [0.717, 1.165) is 55.3 Å². The molecule has 0 aliphatic heterocycles. The average molecular weight is 471 g/mol. The number of nitrogens with one attached hydrogen (secondary N) is 2.